The summed E-state index contributed by atoms with van der Waals surface area (Å²) < 4.78 is 4.81. The molecule has 1 aromatic carbocycles. The van der Waals surface area contributed by atoms with Gasteiger partial charge < -0.3 is 4.74 Å². The maximum Gasteiger partial charge on any atom is 0.298 e. The summed E-state index contributed by atoms with van der Waals surface area (Å²) in [6.45, 7) is 2.55. The fourth-order valence-electron chi connectivity index (χ4n) is 1.82. The van der Waals surface area contributed by atoms with Crippen LogP contribution in [0.15, 0.2) is 24.3 Å². The summed E-state index contributed by atoms with van der Waals surface area (Å²) in [5.74, 6) is 0.619. The quantitative estimate of drug-likeness (QED) is 0.667. The number of benzene rings is 1. The molecular weight excluding hydrogens is 176 g/mol. The van der Waals surface area contributed by atoms with E-state index in [0.717, 1.165) is 12.8 Å². The highest BCUT2D eigenvalue weighted by molar-refractivity contribution is 5.70. The molecule has 1 aliphatic carbocycles. The first kappa shape index (κ1) is 9.00. The van der Waals surface area contributed by atoms with Crippen LogP contribution in [-0.4, -0.2) is 6.47 Å². The van der Waals surface area contributed by atoms with Gasteiger partial charge >= 0.3 is 0 Å². The van der Waals surface area contributed by atoms with Crippen LogP contribution in [-0.2, 0) is 11.2 Å². The van der Waals surface area contributed by atoms with E-state index in [-0.39, 0.29) is 0 Å². The maximum absolute atomic E-state index is 10.2. The van der Waals surface area contributed by atoms with Crippen LogP contribution in [0, 0.1) is 0 Å². The lowest BCUT2D eigenvalue weighted by atomic mass is 9.92. The molecule has 1 aromatic rings. The van der Waals surface area contributed by atoms with E-state index in [9.17, 15) is 4.79 Å². The highest BCUT2D eigenvalue weighted by atomic mass is 16.5. The van der Waals surface area contributed by atoms with Crippen molar-refractivity contribution in [1.82, 2.24) is 0 Å². The SMILES string of the molecule is CC1=CCCc2ccc(OC=O)cc21. The molecule has 0 saturated heterocycles. The van der Waals surface area contributed by atoms with Crippen molar-refractivity contribution in [2.45, 2.75) is 19.8 Å². The molecule has 0 N–H and O–H groups in total. The lowest BCUT2D eigenvalue weighted by molar-refractivity contribution is -0.120. The van der Waals surface area contributed by atoms with Crippen molar-refractivity contribution in [3.05, 3.63) is 35.4 Å². The summed E-state index contributed by atoms with van der Waals surface area (Å²) in [5.41, 5.74) is 3.81. The summed E-state index contributed by atoms with van der Waals surface area (Å²) in [6, 6.07) is 5.80. The molecule has 0 saturated carbocycles. The van der Waals surface area contributed by atoms with Gasteiger partial charge in [0.25, 0.3) is 6.47 Å². The summed E-state index contributed by atoms with van der Waals surface area (Å²) in [5, 5.41) is 0. The number of carbonyl (C=O) groups excluding carboxylic acids is 1. The third-order valence-electron chi connectivity index (χ3n) is 2.55. The molecule has 14 heavy (non-hydrogen) atoms. The Balaban J connectivity index is 2.42. The minimum atomic E-state index is 0.462. The van der Waals surface area contributed by atoms with E-state index in [1.807, 2.05) is 18.2 Å². The Morgan fingerprint density at radius 1 is 1.43 bits per heavy atom. The Morgan fingerprint density at radius 3 is 3.07 bits per heavy atom. The van der Waals surface area contributed by atoms with Crippen LogP contribution >= 0.6 is 0 Å². The molecule has 0 radical (unpaired) electrons. The summed E-state index contributed by atoms with van der Waals surface area (Å²) >= 11 is 0. The topological polar surface area (TPSA) is 26.3 Å². The Labute approximate surface area is 83.2 Å². The number of aryl methyl sites for hydroxylation is 1. The van der Waals surface area contributed by atoms with E-state index >= 15 is 0 Å². The normalized spacial score (nSPS) is 14.2. The Morgan fingerprint density at radius 2 is 2.29 bits per heavy atom. The number of fused-ring (bicyclic) bond motifs is 1. The van der Waals surface area contributed by atoms with Gasteiger partial charge in [0.2, 0.25) is 0 Å². The molecule has 2 rings (SSSR count). The largest absolute Gasteiger partial charge is 0.429 e. The standard InChI is InChI=1S/C12H12O2/c1-9-3-2-4-10-5-6-11(14-8-13)7-12(9)10/h3,5-8H,2,4H2,1H3. The average molecular weight is 188 g/mol. The minimum Gasteiger partial charge on any atom is -0.429 e. The molecule has 0 spiro atoms. The van der Waals surface area contributed by atoms with Crippen molar-refractivity contribution in [1.29, 1.82) is 0 Å². The van der Waals surface area contributed by atoms with Crippen LogP contribution in [0.1, 0.15) is 24.5 Å². The number of hydrogen-bond donors (Lipinski definition) is 0. The Bertz CT molecular complexity index is 391. The van der Waals surface area contributed by atoms with Gasteiger partial charge in [-0.2, -0.15) is 0 Å². The number of hydrogen-bond acceptors (Lipinski definition) is 2. The van der Waals surface area contributed by atoms with Crippen molar-refractivity contribution in [3.8, 4) is 5.75 Å². The molecule has 0 fully saturated rings. The van der Waals surface area contributed by atoms with E-state index in [0.29, 0.717) is 12.2 Å². The summed E-state index contributed by atoms with van der Waals surface area (Å²) in [4.78, 5) is 10.2. The van der Waals surface area contributed by atoms with Crippen molar-refractivity contribution >= 4 is 12.0 Å². The lowest BCUT2D eigenvalue weighted by Crippen LogP contribution is -1.99. The van der Waals surface area contributed by atoms with E-state index in [2.05, 4.69) is 13.0 Å². The van der Waals surface area contributed by atoms with Gasteiger partial charge in [0.05, 0.1) is 0 Å². The van der Waals surface area contributed by atoms with E-state index < -0.39 is 0 Å². The minimum absolute atomic E-state index is 0.462. The third-order valence-corrected chi connectivity index (χ3v) is 2.55. The van der Waals surface area contributed by atoms with Crippen LogP contribution < -0.4 is 4.74 Å². The first-order valence-electron chi connectivity index (χ1n) is 4.71. The van der Waals surface area contributed by atoms with Gasteiger partial charge in [0.1, 0.15) is 5.75 Å². The van der Waals surface area contributed by atoms with Crippen LogP contribution in [0.25, 0.3) is 5.57 Å². The molecule has 1 aliphatic rings. The summed E-state index contributed by atoms with van der Waals surface area (Å²) in [6.07, 6.45) is 4.40. The predicted molar refractivity (Wildman–Crippen MR) is 55.1 cm³/mol. The molecule has 0 unspecified atom stereocenters. The van der Waals surface area contributed by atoms with Gasteiger partial charge in [-0.05, 0) is 48.6 Å². The Hall–Kier alpha value is -1.57. The molecule has 2 heteroatoms. The third kappa shape index (κ3) is 1.55. The molecule has 0 aliphatic heterocycles. The van der Waals surface area contributed by atoms with E-state index in [1.54, 1.807) is 0 Å². The fourth-order valence-corrected chi connectivity index (χ4v) is 1.82. The second-order valence-electron chi connectivity index (χ2n) is 3.46. The average Bonchev–Trinajstić information content (AvgIpc) is 2.20. The number of allylic oxidation sites excluding steroid dienone is 2. The predicted octanol–water partition coefficient (Wildman–Crippen LogP) is 2.57. The molecular formula is C12H12O2. The van der Waals surface area contributed by atoms with Gasteiger partial charge in [-0.1, -0.05) is 12.1 Å². The molecule has 0 amide bonds. The molecule has 0 heterocycles. The zero-order valence-electron chi connectivity index (χ0n) is 8.12. The maximum atomic E-state index is 10.2. The van der Waals surface area contributed by atoms with Crippen LogP contribution in [0.3, 0.4) is 0 Å². The van der Waals surface area contributed by atoms with Gasteiger partial charge in [-0.15, -0.1) is 0 Å². The highest BCUT2D eigenvalue weighted by Gasteiger charge is 2.09. The number of rotatable bonds is 2. The first-order valence-corrected chi connectivity index (χ1v) is 4.71. The van der Waals surface area contributed by atoms with Gasteiger partial charge in [0, 0.05) is 0 Å². The Kier molecular flexibility index (Phi) is 2.35. The smallest absolute Gasteiger partial charge is 0.298 e. The van der Waals surface area contributed by atoms with Gasteiger partial charge in [-0.25, -0.2) is 0 Å². The van der Waals surface area contributed by atoms with Crippen molar-refractivity contribution in [2.24, 2.45) is 0 Å². The number of carbonyl (C=O) groups is 1. The van der Waals surface area contributed by atoms with Crippen molar-refractivity contribution in [3.63, 3.8) is 0 Å². The highest BCUT2D eigenvalue weighted by Crippen LogP contribution is 2.29. The molecule has 2 nitrogen and oxygen atoms in total. The second-order valence-corrected chi connectivity index (χ2v) is 3.46. The zero-order chi connectivity index (χ0) is 9.97. The molecule has 72 valence electrons. The zero-order valence-corrected chi connectivity index (χ0v) is 8.12. The van der Waals surface area contributed by atoms with Gasteiger partial charge in [0.15, 0.2) is 0 Å². The second kappa shape index (κ2) is 3.66. The molecule has 0 aromatic heterocycles. The summed E-state index contributed by atoms with van der Waals surface area (Å²) in [7, 11) is 0. The lowest BCUT2D eigenvalue weighted by Gasteiger charge is -2.15. The van der Waals surface area contributed by atoms with Crippen LogP contribution in [0.4, 0.5) is 0 Å². The fraction of sp³-hybridized carbons (Fsp3) is 0.250. The first-order chi connectivity index (χ1) is 6.81. The van der Waals surface area contributed by atoms with E-state index in [1.165, 1.54) is 16.7 Å². The van der Waals surface area contributed by atoms with E-state index in [4.69, 9.17) is 4.74 Å². The van der Waals surface area contributed by atoms with Gasteiger partial charge in [-0.3, -0.25) is 4.79 Å². The van der Waals surface area contributed by atoms with Crippen LogP contribution in [0.2, 0.25) is 0 Å². The number of ether oxygens (including phenoxy) is 1. The monoisotopic (exact) mass is 188 g/mol. The van der Waals surface area contributed by atoms with Crippen LogP contribution in [0.5, 0.6) is 5.75 Å². The molecule has 0 bridgehead atoms. The van der Waals surface area contributed by atoms with Crippen molar-refractivity contribution in [2.75, 3.05) is 0 Å². The molecule has 0 atom stereocenters. The van der Waals surface area contributed by atoms with Crippen molar-refractivity contribution < 1.29 is 9.53 Å².